The van der Waals surface area contributed by atoms with E-state index in [0.717, 1.165) is 12.1 Å². The highest BCUT2D eigenvalue weighted by Crippen LogP contribution is 2.34. The fraction of sp³-hybridized carbons (Fsp3) is 0.400. The highest BCUT2D eigenvalue weighted by Gasteiger charge is 2.31. The Labute approximate surface area is 176 Å². The SMILES string of the molecule is C=C(C)C(=O)OCCOCCOCCOc1cc(=S)oc2cc(C(F)(F)F)ccc12. The molecule has 0 N–H and O–H groups in total. The molecule has 0 amide bonds. The van der Waals surface area contributed by atoms with Crippen LogP contribution in [0.4, 0.5) is 13.2 Å². The number of hydrogen-bond acceptors (Lipinski definition) is 7. The molecule has 0 unspecified atom stereocenters. The molecular formula is C20H21F3O6S. The Morgan fingerprint density at radius 2 is 1.70 bits per heavy atom. The van der Waals surface area contributed by atoms with Crippen molar-refractivity contribution in [2.75, 3.05) is 39.6 Å². The molecule has 1 aromatic carbocycles. The molecule has 0 radical (unpaired) electrons. The van der Waals surface area contributed by atoms with Gasteiger partial charge in [-0.05, 0) is 37.3 Å². The number of halogens is 3. The third-order valence-electron chi connectivity index (χ3n) is 3.70. The van der Waals surface area contributed by atoms with Crippen LogP contribution in [0, 0.1) is 4.71 Å². The van der Waals surface area contributed by atoms with Crippen molar-refractivity contribution in [3.05, 3.63) is 46.7 Å². The summed E-state index contributed by atoms with van der Waals surface area (Å²) in [6.45, 7) is 6.37. The number of hydrogen-bond donors (Lipinski definition) is 0. The van der Waals surface area contributed by atoms with Crippen molar-refractivity contribution in [1.29, 1.82) is 0 Å². The van der Waals surface area contributed by atoms with Crippen molar-refractivity contribution >= 4 is 29.2 Å². The van der Waals surface area contributed by atoms with Crippen molar-refractivity contribution < 1.29 is 41.3 Å². The molecule has 30 heavy (non-hydrogen) atoms. The summed E-state index contributed by atoms with van der Waals surface area (Å²) in [5.41, 5.74) is -0.515. The molecule has 1 heterocycles. The number of carbonyl (C=O) groups is 1. The molecule has 6 nitrogen and oxygen atoms in total. The summed E-state index contributed by atoms with van der Waals surface area (Å²) in [7, 11) is 0. The third kappa shape index (κ3) is 7.43. The molecule has 2 aromatic rings. The third-order valence-corrected chi connectivity index (χ3v) is 3.90. The van der Waals surface area contributed by atoms with Crippen LogP contribution in [-0.2, 0) is 25.2 Å². The maximum Gasteiger partial charge on any atom is 0.416 e. The summed E-state index contributed by atoms with van der Waals surface area (Å²) in [5.74, 6) is -0.153. The zero-order chi connectivity index (χ0) is 22.1. The minimum absolute atomic E-state index is 0.00556. The van der Waals surface area contributed by atoms with Crippen LogP contribution in [0.5, 0.6) is 5.75 Å². The van der Waals surface area contributed by atoms with Crippen molar-refractivity contribution in [2.24, 2.45) is 0 Å². The van der Waals surface area contributed by atoms with E-state index >= 15 is 0 Å². The van der Waals surface area contributed by atoms with E-state index in [-0.39, 0.29) is 36.7 Å². The lowest BCUT2D eigenvalue weighted by molar-refractivity contribution is -0.140. The molecule has 0 aliphatic carbocycles. The first kappa shape index (κ1) is 23.8. The zero-order valence-electron chi connectivity index (χ0n) is 16.3. The molecule has 0 atom stereocenters. The van der Waals surface area contributed by atoms with E-state index in [1.807, 2.05) is 0 Å². The zero-order valence-corrected chi connectivity index (χ0v) is 17.1. The number of rotatable bonds is 11. The second kappa shape index (κ2) is 11.1. The Morgan fingerprint density at radius 1 is 1.07 bits per heavy atom. The minimum atomic E-state index is -4.48. The molecule has 0 aliphatic heterocycles. The lowest BCUT2D eigenvalue weighted by Crippen LogP contribution is -2.14. The standard InChI is InChI=1S/C20H21F3O6S/c1-13(2)19(24)28-10-8-26-6-5-25-7-9-27-16-12-18(30)29-17-11-14(20(21,22)23)3-4-15(16)17/h3-4,11-12H,1,5-10H2,2H3. The van der Waals surface area contributed by atoms with Crippen LogP contribution in [0.25, 0.3) is 11.0 Å². The predicted octanol–water partition coefficient (Wildman–Crippen LogP) is 4.71. The summed E-state index contributed by atoms with van der Waals surface area (Å²) in [6.07, 6.45) is -4.48. The number of benzene rings is 1. The van der Waals surface area contributed by atoms with Crippen LogP contribution < -0.4 is 4.74 Å². The topological polar surface area (TPSA) is 67.1 Å². The average Bonchev–Trinajstić information content (AvgIpc) is 2.67. The van der Waals surface area contributed by atoms with E-state index in [4.69, 9.17) is 35.6 Å². The minimum Gasteiger partial charge on any atom is -0.490 e. The van der Waals surface area contributed by atoms with E-state index in [9.17, 15) is 18.0 Å². The lowest BCUT2D eigenvalue weighted by Gasteiger charge is -2.11. The van der Waals surface area contributed by atoms with Gasteiger partial charge in [0.05, 0.1) is 37.4 Å². The van der Waals surface area contributed by atoms with Gasteiger partial charge in [-0.2, -0.15) is 13.2 Å². The van der Waals surface area contributed by atoms with Crippen LogP contribution >= 0.6 is 12.2 Å². The maximum atomic E-state index is 12.9. The molecule has 0 saturated carbocycles. The fourth-order valence-electron chi connectivity index (χ4n) is 2.28. The van der Waals surface area contributed by atoms with Gasteiger partial charge in [0.15, 0.2) is 4.71 Å². The summed E-state index contributed by atoms with van der Waals surface area (Å²) >= 11 is 4.95. The van der Waals surface area contributed by atoms with Crippen molar-refractivity contribution in [3.8, 4) is 5.75 Å². The monoisotopic (exact) mass is 446 g/mol. The van der Waals surface area contributed by atoms with Crippen LogP contribution in [0.2, 0.25) is 0 Å². The molecule has 0 aliphatic rings. The largest absolute Gasteiger partial charge is 0.490 e. The molecular weight excluding hydrogens is 425 g/mol. The quantitative estimate of drug-likeness (QED) is 0.214. The van der Waals surface area contributed by atoms with Gasteiger partial charge < -0.3 is 23.4 Å². The van der Waals surface area contributed by atoms with Crippen molar-refractivity contribution in [1.82, 2.24) is 0 Å². The Morgan fingerprint density at radius 3 is 2.33 bits per heavy atom. The van der Waals surface area contributed by atoms with Gasteiger partial charge in [0.1, 0.15) is 24.5 Å². The van der Waals surface area contributed by atoms with Crippen LogP contribution in [0.3, 0.4) is 0 Å². The number of fused-ring (bicyclic) bond motifs is 1. The van der Waals surface area contributed by atoms with Gasteiger partial charge in [-0.15, -0.1) is 0 Å². The van der Waals surface area contributed by atoms with Gasteiger partial charge in [-0.1, -0.05) is 6.58 Å². The molecule has 0 bridgehead atoms. The second-order valence-electron chi connectivity index (χ2n) is 6.13. The van der Waals surface area contributed by atoms with Gasteiger partial charge in [0.2, 0.25) is 0 Å². The van der Waals surface area contributed by atoms with Crippen LogP contribution in [-0.4, -0.2) is 45.6 Å². The maximum absolute atomic E-state index is 12.9. The lowest BCUT2D eigenvalue weighted by atomic mass is 10.1. The Bertz CT molecular complexity index is 938. The van der Waals surface area contributed by atoms with E-state index in [2.05, 4.69) is 6.58 Å². The molecule has 10 heteroatoms. The van der Waals surface area contributed by atoms with E-state index in [0.29, 0.717) is 29.9 Å². The van der Waals surface area contributed by atoms with Gasteiger partial charge in [-0.3, -0.25) is 0 Å². The highest BCUT2D eigenvalue weighted by molar-refractivity contribution is 7.71. The van der Waals surface area contributed by atoms with Crippen LogP contribution in [0.15, 0.2) is 40.8 Å². The molecule has 2 rings (SSSR count). The summed E-state index contributed by atoms with van der Waals surface area (Å²) in [5, 5.41) is 0.379. The number of carbonyl (C=O) groups excluding carboxylic acids is 1. The highest BCUT2D eigenvalue weighted by atomic mass is 32.1. The van der Waals surface area contributed by atoms with Gasteiger partial charge in [0, 0.05) is 11.6 Å². The molecule has 0 fully saturated rings. The average molecular weight is 446 g/mol. The van der Waals surface area contributed by atoms with Crippen molar-refractivity contribution in [2.45, 2.75) is 13.1 Å². The first-order chi connectivity index (χ1) is 14.2. The van der Waals surface area contributed by atoms with Crippen LogP contribution in [0.1, 0.15) is 12.5 Å². The normalized spacial score (nSPS) is 11.5. The summed E-state index contributed by atoms with van der Waals surface area (Å²) < 4.78 is 64.8. The smallest absolute Gasteiger partial charge is 0.416 e. The fourth-order valence-corrected chi connectivity index (χ4v) is 2.47. The van der Waals surface area contributed by atoms with Crippen molar-refractivity contribution in [3.63, 3.8) is 0 Å². The van der Waals surface area contributed by atoms with Gasteiger partial charge in [-0.25, -0.2) is 4.79 Å². The Kier molecular flexibility index (Phi) is 8.82. The number of esters is 1. The Balaban J connectivity index is 1.73. The summed E-state index contributed by atoms with van der Waals surface area (Å²) in [6, 6.07) is 4.55. The first-order valence-corrected chi connectivity index (χ1v) is 9.35. The van der Waals surface area contributed by atoms with Gasteiger partial charge in [0.25, 0.3) is 0 Å². The molecule has 164 valence electrons. The van der Waals surface area contributed by atoms with E-state index < -0.39 is 17.7 Å². The van der Waals surface area contributed by atoms with E-state index in [1.54, 1.807) is 6.92 Å². The molecule has 1 aromatic heterocycles. The number of ether oxygens (including phenoxy) is 4. The second-order valence-corrected chi connectivity index (χ2v) is 6.53. The van der Waals surface area contributed by atoms with E-state index in [1.165, 1.54) is 12.1 Å². The number of alkyl halides is 3. The molecule has 0 saturated heterocycles. The predicted molar refractivity (Wildman–Crippen MR) is 105 cm³/mol. The summed E-state index contributed by atoms with van der Waals surface area (Å²) in [4.78, 5) is 11.2. The first-order valence-electron chi connectivity index (χ1n) is 8.94. The Hall–Kier alpha value is -2.43. The molecule has 0 spiro atoms. The van der Waals surface area contributed by atoms with Gasteiger partial charge >= 0.3 is 12.1 Å².